The first-order valence-corrected chi connectivity index (χ1v) is 3.87. The number of aliphatic hydroxyl groups excluding tert-OH is 2. The third kappa shape index (κ3) is 7.49. The molecule has 0 unspecified atom stereocenters. The van der Waals surface area contributed by atoms with E-state index in [-0.39, 0.29) is 19.0 Å². The Labute approximate surface area is 66.4 Å². The van der Waals surface area contributed by atoms with Crippen molar-refractivity contribution in [3.63, 3.8) is 0 Å². The molecule has 0 amide bonds. The van der Waals surface area contributed by atoms with Gasteiger partial charge in [-0.15, -0.1) is 0 Å². The summed E-state index contributed by atoms with van der Waals surface area (Å²) in [4.78, 5) is 0. The lowest BCUT2D eigenvalue weighted by atomic mass is 10.2. The summed E-state index contributed by atoms with van der Waals surface area (Å²) in [5, 5.41) is 16.7. The molecule has 0 atom stereocenters. The number of allylic oxidation sites excluding steroid dienone is 1. The molecule has 0 saturated carbocycles. The van der Waals surface area contributed by atoms with Gasteiger partial charge in [0.2, 0.25) is 0 Å². The fraction of sp³-hybridized carbons (Fsp3) is 0.750. The maximum Gasteiger partial charge on any atom is 0.0982 e. The van der Waals surface area contributed by atoms with E-state index in [2.05, 4.69) is 0 Å². The van der Waals surface area contributed by atoms with Crippen LogP contribution in [0, 0.1) is 0 Å². The van der Waals surface area contributed by atoms with Crippen molar-refractivity contribution in [1.29, 1.82) is 0 Å². The molecular weight excluding hydrogens is 147 g/mol. The predicted octanol–water partition coefficient (Wildman–Crippen LogP) is 1.38. The quantitative estimate of drug-likeness (QED) is 0.579. The zero-order valence-corrected chi connectivity index (χ0v) is 6.59. The van der Waals surface area contributed by atoms with E-state index in [0.29, 0.717) is 6.42 Å². The average molecular weight is 162 g/mol. The van der Waals surface area contributed by atoms with Crippen LogP contribution < -0.4 is 0 Å². The molecule has 2 nitrogen and oxygen atoms in total. The lowest BCUT2D eigenvalue weighted by Gasteiger charge is -1.96. The molecule has 0 aromatic heterocycles. The first-order valence-electron chi connectivity index (χ1n) is 3.87. The zero-order valence-electron chi connectivity index (χ0n) is 6.59. The molecule has 0 heterocycles. The molecule has 0 saturated heterocycles. The van der Waals surface area contributed by atoms with E-state index in [4.69, 9.17) is 10.2 Å². The Morgan fingerprint density at radius 2 is 1.91 bits per heavy atom. The third-order valence-corrected chi connectivity index (χ3v) is 1.39. The van der Waals surface area contributed by atoms with E-state index >= 15 is 0 Å². The standard InChI is InChI=1S/C8H15FO2/c9-8(5-7-11)4-2-1-3-6-10/h5,10-11H,1-4,6-7H2/b8-5-. The van der Waals surface area contributed by atoms with Crippen molar-refractivity contribution >= 4 is 0 Å². The van der Waals surface area contributed by atoms with Crippen molar-refractivity contribution in [3.05, 3.63) is 11.9 Å². The van der Waals surface area contributed by atoms with Crippen LogP contribution >= 0.6 is 0 Å². The van der Waals surface area contributed by atoms with Crippen LogP contribution in [0.1, 0.15) is 25.7 Å². The van der Waals surface area contributed by atoms with Crippen LogP contribution in [-0.4, -0.2) is 23.4 Å². The summed E-state index contributed by atoms with van der Waals surface area (Å²) >= 11 is 0. The molecule has 0 aliphatic heterocycles. The van der Waals surface area contributed by atoms with Crippen molar-refractivity contribution < 1.29 is 14.6 Å². The molecule has 0 aliphatic rings. The third-order valence-electron chi connectivity index (χ3n) is 1.39. The molecule has 0 aromatic rings. The van der Waals surface area contributed by atoms with E-state index in [0.717, 1.165) is 19.3 Å². The van der Waals surface area contributed by atoms with Gasteiger partial charge in [0, 0.05) is 6.61 Å². The monoisotopic (exact) mass is 162 g/mol. The van der Waals surface area contributed by atoms with E-state index < -0.39 is 0 Å². The van der Waals surface area contributed by atoms with Gasteiger partial charge in [0.05, 0.1) is 12.4 Å². The fourth-order valence-electron chi connectivity index (χ4n) is 0.784. The van der Waals surface area contributed by atoms with Gasteiger partial charge in [-0.05, 0) is 25.3 Å². The largest absolute Gasteiger partial charge is 0.396 e. The second-order valence-electron chi connectivity index (χ2n) is 2.37. The highest BCUT2D eigenvalue weighted by atomic mass is 19.1. The van der Waals surface area contributed by atoms with Crippen LogP contribution in [0.15, 0.2) is 11.9 Å². The molecule has 0 bridgehead atoms. The number of aliphatic hydroxyl groups is 2. The van der Waals surface area contributed by atoms with Crippen LogP contribution in [0.4, 0.5) is 4.39 Å². The van der Waals surface area contributed by atoms with Crippen molar-refractivity contribution in [2.75, 3.05) is 13.2 Å². The van der Waals surface area contributed by atoms with Gasteiger partial charge < -0.3 is 10.2 Å². The SMILES string of the molecule is OC/C=C(\F)CCCCCO. The van der Waals surface area contributed by atoms with Gasteiger partial charge in [-0.2, -0.15) is 0 Å². The molecular formula is C8H15FO2. The Kier molecular flexibility index (Phi) is 7.41. The lowest BCUT2D eigenvalue weighted by molar-refractivity contribution is 0.282. The molecule has 2 N–H and O–H groups in total. The number of rotatable bonds is 6. The van der Waals surface area contributed by atoms with Gasteiger partial charge in [-0.25, -0.2) is 4.39 Å². The topological polar surface area (TPSA) is 40.5 Å². The highest BCUT2D eigenvalue weighted by molar-refractivity contribution is 4.90. The summed E-state index contributed by atoms with van der Waals surface area (Å²) in [5.74, 6) is -0.259. The van der Waals surface area contributed by atoms with E-state index in [1.165, 1.54) is 6.08 Å². The van der Waals surface area contributed by atoms with E-state index in [1.54, 1.807) is 0 Å². The smallest absolute Gasteiger partial charge is 0.0982 e. The Balaban J connectivity index is 3.17. The highest BCUT2D eigenvalue weighted by Crippen LogP contribution is 2.09. The average Bonchev–Trinajstić information content (AvgIpc) is 1.99. The van der Waals surface area contributed by atoms with E-state index in [9.17, 15) is 4.39 Å². The van der Waals surface area contributed by atoms with Crippen LogP contribution in [0.3, 0.4) is 0 Å². The molecule has 0 aromatic carbocycles. The van der Waals surface area contributed by atoms with Crippen LogP contribution in [0.2, 0.25) is 0 Å². The fourth-order valence-corrected chi connectivity index (χ4v) is 0.784. The normalized spacial score (nSPS) is 12.1. The maximum absolute atomic E-state index is 12.5. The van der Waals surface area contributed by atoms with Crippen molar-refractivity contribution in [2.24, 2.45) is 0 Å². The highest BCUT2D eigenvalue weighted by Gasteiger charge is 1.93. The van der Waals surface area contributed by atoms with E-state index in [1.807, 2.05) is 0 Å². The van der Waals surface area contributed by atoms with Gasteiger partial charge in [0.25, 0.3) is 0 Å². The summed E-state index contributed by atoms with van der Waals surface area (Å²) < 4.78 is 12.5. The summed E-state index contributed by atoms with van der Waals surface area (Å²) in [6.07, 6.45) is 3.85. The second-order valence-corrected chi connectivity index (χ2v) is 2.37. The number of halogens is 1. The van der Waals surface area contributed by atoms with Crippen LogP contribution in [0.5, 0.6) is 0 Å². The predicted molar refractivity (Wildman–Crippen MR) is 41.8 cm³/mol. The first-order chi connectivity index (χ1) is 5.31. The van der Waals surface area contributed by atoms with Gasteiger partial charge in [0.1, 0.15) is 0 Å². The minimum Gasteiger partial charge on any atom is -0.396 e. The molecule has 0 radical (unpaired) electrons. The van der Waals surface area contributed by atoms with Crippen molar-refractivity contribution in [2.45, 2.75) is 25.7 Å². The summed E-state index contributed by atoms with van der Waals surface area (Å²) in [5.41, 5.74) is 0. The Morgan fingerprint density at radius 3 is 2.45 bits per heavy atom. The number of unbranched alkanes of at least 4 members (excludes halogenated alkanes) is 2. The number of hydrogen-bond donors (Lipinski definition) is 2. The Morgan fingerprint density at radius 1 is 1.18 bits per heavy atom. The zero-order chi connectivity index (χ0) is 8.53. The van der Waals surface area contributed by atoms with Crippen molar-refractivity contribution in [3.8, 4) is 0 Å². The van der Waals surface area contributed by atoms with Gasteiger partial charge >= 0.3 is 0 Å². The minimum absolute atomic E-state index is 0.172. The van der Waals surface area contributed by atoms with Crippen LogP contribution in [0.25, 0.3) is 0 Å². The first kappa shape index (κ1) is 10.6. The second kappa shape index (κ2) is 7.69. The summed E-state index contributed by atoms with van der Waals surface area (Å²) in [6.45, 7) is -0.0584. The lowest BCUT2D eigenvalue weighted by Crippen LogP contribution is -1.84. The molecule has 0 spiro atoms. The van der Waals surface area contributed by atoms with Gasteiger partial charge in [0.15, 0.2) is 0 Å². The Bertz CT molecular complexity index is 113. The molecule has 3 heteroatoms. The van der Waals surface area contributed by atoms with Crippen molar-refractivity contribution in [1.82, 2.24) is 0 Å². The van der Waals surface area contributed by atoms with Crippen LogP contribution in [-0.2, 0) is 0 Å². The van der Waals surface area contributed by atoms with Gasteiger partial charge in [-0.1, -0.05) is 6.42 Å². The minimum atomic E-state index is -0.259. The van der Waals surface area contributed by atoms with Gasteiger partial charge in [-0.3, -0.25) is 0 Å². The molecule has 11 heavy (non-hydrogen) atoms. The summed E-state index contributed by atoms with van der Waals surface area (Å²) in [7, 11) is 0. The summed E-state index contributed by atoms with van der Waals surface area (Å²) in [6, 6.07) is 0. The molecule has 0 fully saturated rings. The molecule has 0 aliphatic carbocycles. The maximum atomic E-state index is 12.5. The Hall–Kier alpha value is -0.410. The number of hydrogen-bond acceptors (Lipinski definition) is 2. The molecule has 0 rings (SSSR count). The molecule has 66 valence electrons.